The van der Waals surface area contributed by atoms with Crippen molar-refractivity contribution in [2.24, 2.45) is 5.41 Å². The summed E-state index contributed by atoms with van der Waals surface area (Å²) >= 11 is 0. The van der Waals surface area contributed by atoms with Gasteiger partial charge in [0.15, 0.2) is 9.84 Å². The smallest absolute Gasteiger partial charge is 0.266 e. The average molecular weight is 490 g/mol. The van der Waals surface area contributed by atoms with Crippen LogP contribution < -0.4 is 15.5 Å². The molecule has 0 spiro atoms. The third kappa shape index (κ3) is 6.78. The Kier molecular flexibility index (Phi) is 8.29. The van der Waals surface area contributed by atoms with Gasteiger partial charge in [0.1, 0.15) is 17.5 Å². The van der Waals surface area contributed by atoms with Gasteiger partial charge in [-0.05, 0) is 62.3 Å². The predicted molar refractivity (Wildman–Crippen MR) is 126 cm³/mol. The minimum absolute atomic E-state index is 0.0625. The molecule has 184 valence electrons. The number of para-hydroxylation sites is 1. The summed E-state index contributed by atoms with van der Waals surface area (Å²) < 4.78 is 32.0. The van der Waals surface area contributed by atoms with Crippen molar-refractivity contribution in [1.29, 1.82) is 0 Å². The van der Waals surface area contributed by atoms with Crippen molar-refractivity contribution in [3.63, 3.8) is 0 Å². The summed E-state index contributed by atoms with van der Waals surface area (Å²) in [4.78, 5) is 26.9. The molecule has 3 N–H and O–H groups in total. The molecule has 1 heterocycles. The van der Waals surface area contributed by atoms with Gasteiger partial charge in [-0.25, -0.2) is 13.9 Å². The number of sulfone groups is 1. The molecule has 1 saturated heterocycles. The van der Waals surface area contributed by atoms with E-state index in [2.05, 4.69) is 5.32 Å². The molecule has 34 heavy (non-hydrogen) atoms. The molecule has 0 radical (unpaired) electrons. The van der Waals surface area contributed by atoms with Crippen molar-refractivity contribution in [3.05, 3.63) is 54.6 Å². The first-order valence-corrected chi connectivity index (χ1v) is 12.8. The molecule has 2 amide bonds. The summed E-state index contributed by atoms with van der Waals surface area (Å²) in [5.41, 5.74) is 0.331. The number of ether oxygens (including phenoxy) is 1. The fraction of sp³-hybridized carbons (Fsp3) is 0.417. The summed E-state index contributed by atoms with van der Waals surface area (Å²) in [7, 11) is -3.83. The van der Waals surface area contributed by atoms with Gasteiger partial charge in [0.25, 0.3) is 5.91 Å². The van der Waals surface area contributed by atoms with E-state index in [1.807, 2.05) is 23.1 Å². The molecular weight excluding hydrogens is 458 g/mol. The highest BCUT2D eigenvalue weighted by atomic mass is 32.2. The lowest BCUT2D eigenvalue weighted by Gasteiger charge is -2.33. The van der Waals surface area contributed by atoms with Crippen molar-refractivity contribution in [1.82, 2.24) is 15.7 Å². The van der Waals surface area contributed by atoms with E-state index in [1.54, 1.807) is 43.6 Å². The molecule has 0 aliphatic carbocycles. The summed E-state index contributed by atoms with van der Waals surface area (Å²) in [6.45, 7) is 4.83. The second kappa shape index (κ2) is 11.0. The van der Waals surface area contributed by atoms with E-state index in [9.17, 15) is 23.2 Å². The van der Waals surface area contributed by atoms with Gasteiger partial charge >= 0.3 is 0 Å². The Morgan fingerprint density at radius 3 is 2.21 bits per heavy atom. The van der Waals surface area contributed by atoms with Crippen LogP contribution in [0.5, 0.6) is 11.5 Å². The standard InChI is InChI=1S/C24H31N3O6S/c1-24(2,22(23(29)26-30)25-21(28)16-27-14-6-7-15-27)17-34(31,32)20-12-10-19(11-13-20)33-18-8-4-3-5-9-18/h3-5,8-13,22,30H,6-7,14-17H2,1-2H3,(H,25,28)(H,26,29). The van der Waals surface area contributed by atoms with Crippen LogP contribution in [0, 0.1) is 5.41 Å². The molecule has 1 unspecified atom stereocenters. The number of hydrogen-bond donors (Lipinski definition) is 3. The number of nitrogens with one attached hydrogen (secondary N) is 2. The number of rotatable bonds is 10. The van der Waals surface area contributed by atoms with Gasteiger partial charge in [0, 0.05) is 5.41 Å². The van der Waals surface area contributed by atoms with Crippen LogP contribution in [-0.2, 0) is 19.4 Å². The predicted octanol–water partition coefficient (Wildman–Crippen LogP) is 2.36. The molecule has 1 aliphatic rings. The van der Waals surface area contributed by atoms with Crippen LogP contribution in [-0.4, -0.2) is 61.8 Å². The number of hydroxylamine groups is 1. The fourth-order valence-corrected chi connectivity index (χ4v) is 5.89. The SMILES string of the molecule is CC(C)(CS(=O)(=O)c1ccc(Oc2ccccc2)cc1)C(NC(=O)CN1CCCC1)C(=O)NO. The summed E-state index contributed by atoms with van der Waals surface area (Å²) in [6.07, 6.45) is 2.01. The Morgan fingerprint density at radius 1 is 1.03 bits per heavy atom. The first-order chi connectivity index (χ1) is 16.1. The zero-order valence-corrected chi connectivity index (χ0v) is 20.2. The summed E-state index contributed by atoms with van der Waals surface area (Å²) in [5, 5.41) is 11.8. The molecule has 0 aromatic heterocycles. The molecule has 3 rings (SSSR count). The Hall–Kier alpha value is -2.95. The molecule has 1 aliphatic heterocycles. The minimum Gasteiger partial charge on any atom is -0.457 e. The van der Waals surface area contributed by atoms with E-state index in [0.717, 1.165) is 25.9 Å². The van der Waals surface area contributed by atoms with Gasteiger partial charge in [-0.3, -0.25) is 19.7 Å². The van der Waals surface area contributed by atoms with Crippen molar-refractivity contribution >= 4 is 21.7 Å². The van der Waals surface area contributed by atoms with Crippen LogP contribution in [0.15, 0.2) is 59.5 Å². The van der Waals surface area contributed by atoms with Crippen LogP contribution in [0.2, 0.25) is 0 Å². The van der Waals surface area contributed by atoms with Crippen molar-refractivity contribution in [3.8, 4) is 11.5 Å². The number of amides is 2. The van der Waals surface area contributed by atoms with Crippen molar-refractivity contribution < 1.29 is 28.0 Å². The molecule has 2 aromatic carbocycles. The Labute approximate surface area is 200 Å². The summed E-state index contributed by atoms with van der Waals surface area (Å²) in [6, 6.07) is 13.9. The van der Waals surface area contributed by atoms with Crippen LogP contribution >= 0.6 is 0 Å². The molecule has 1 atom stereocenters. The van der Waals surface area contributed by atoms with E-state index >= 15 is 0 Å². The second-order valence-corrected chi connectivity index (χ2v) is 11.1. The Bertz CT molecular complexity index is 1080. The largest absolute Gasteiger partial charge is 0.457 e. The number of benzene rings is 2. The number of carbonyl (C=O) groups excluding carboxylic acids is 2. The number of carbonyl (C=O) groups is 2. The Balaban J connectivity index is 1.71. The third-order valence-electron chi connectivity index (χ3n) is 5.75. The molecule has 2 aromatic rings. The van der Waals surface area contributed by atoms with Crippen LogP contribution in [0.3, 0.4) is 0 Å². The monoisotopic (exact) mass is 489 g/mol. The molecule has 10 heteroatoms. The maximum Gasteiger partial charge on any atom is 0.266 e. The maximum absolute atomic E-state index is 13.1. The Morgan fingerprint density at radius 2 is 1.62 bits per heavy atom. The maximum atomic E-state index is 13.1. The lowest BCUT2D eigenvalue weighted by atomic mass is 9.86. The van der Waals surface area contributed by atoms with Crippen LogP contribution in [0.4, 0.5) is 0 Å². The van der Waals surface area contributed by atoms with Crippen LogP contribution in [0.1, 0.15) is 26.7 Å². The van der Waals surface area contributed by atoms with Crippen LogP contribution in [0.25, 0.3) is 0 Å². The second-order valence-electron chi connectivity index (χ2n) is 9.09. The van der Waals surface area contributed by atoms with Gasteiger partial charge in [-0.1, -0.05) is 32.0 Å². The van der Waals surface area contributed by atoms with E-state index in [-0.39, 0.29) is 11.4 Å². The highest BCUT2D eigenvalue weighted by Crippen LogP contribution is 2.29. The van der Waals surface area contributed by atoms with Gasteiger partial charge in [-0.2, -0.15) is 0 Å². The molecule has 9 nitrogen and oxygen atoms in total. The van der Waals surface area contributed by atoms with E-state index in [4.69, 9.17) is 4.74 Å². The van der Waals surface area contributed by atoms with Crippen molar-refractivity contribution in [2.75, 3.05) is 25.4 Å². The quantitative estimate of drug-likeness (QED) is 0.346. The lowest BCUT2D eigenvalue weighted by molar-refractivity contribution is -0.137. The third-order valence-corrected chi connectivity index (χ3v) is 7.86. The van der Waals surface area contributed by atoms with E-state index < -0.39 is 38.9 Å². The van der Waals surface area contributed by atoms with E-state index in [0.29, 0.717) is 11.5 Å². The molecular formula is C24H31N3O6S. The molecule has 0 bridgehead atoms. The average Bonchev–Trinajstić information content (AvgIpc) is 3.30. The fourth-order valence-electron chi connectivity index (χ4n) is 4.03. The van der Waals surface area contributed by atoms with Gasteiger partial charge in [-0.15, -0.1) is 0 Å². The zero-order valence-electron chi connectivity index (χ0n) is 19.4. The number of nitrogens with zero attached hydrogens (tertiary/aromatic N) is 1. The number of hydrogen-bond acceptors (Lipinski definition) is 7. The lowest BCUT2D eigenvalue weighted by Crippen LogP contribution is -2.57. The van der Waals surface area contributed by atoms with Gasteiger partial charge < -0.3 is 10.1 Å². The first kappa shape index (κ1) is 25.7. The van der Waals surface area contributed by atoms with Crippen molar-refractivity contribution in [2.45, 2.75) is 37.6 Å². The highest BCUT2D eigenvalue weighted by molar-refractivity contribution is 7.91. The van der Waals surface area contributed by atoms with Gasteiger partial charge in [0.05, 0.1) is 17.2 Å². The molecule has 1 fully saturated rings. The molecule has 0 saturated carbocycles. The zero-order chi connectivity index (χ0) is 24.8. The normalized spacial score (nSPS) is 15.5. The minimum atomic E-state index is -3.83. The van der Waals surface area contributed by atoms with Gasteiger partial charge in [0.2, 0.25) is 5.91 Å². The first-order valence-electron chi connectivity index (χ1n) is 11.1. The highest BCUT2D eigenvalue weighted by Gasteiger charge is 2.40. The number of likely N-dealkylation sites (tertiary alicyclic amines) is 1. The summed E-state index contributed by atoms with van der Waals surface area (Å²) in [5.74, 6) is -0.594. The topological polar surface area (TPSA) is 125 Å². The van der Waals surface area contributed by atoms with E-state index in [1.165, 1.54) is 12.1 Å².